The second-order valence-electron chi connectivity index (χ2n) is 7.45. The van der Waals surface area contributed by atoms with Crippen LogP contribution in [-0.4, -0.2) is 26.8 Å². The first kappa shape index (κ1) is 19.6. The molecule has 0 aliphatic heterocycles. The first-order valence-electron chi connectivity index (χ1n) is 10.0. The lowest BCUT2D eigenvalue weighted by Crippen LogP contribution is -2.36. The van der Waals surface area contributed by atoms with Crippen LogP contribution in [-0.2, 0) is 6.54 Å². The number of nitrogens with zero attached hydrogens (tertiary/aromatic N) is 3. The monoisotopic (exact) mass is 396 g/mol. The molecule has 30 heavy (non-hydrogen) atoms. The van der Waals surface area contributed by atoms with Crippen LogP contribution in [0, 0.1) is 0 Å². The van der Waals surface area contributed by atoms with E-state index < -0.39 is 0 Å². The SMILES string of the molecule is CC(C)N(Cc1ccccc1)C(=O)c1cc(Nc2cccc3cccnc23)ccn1. The first-order chi connectivity index (χ1) is 14.6. The molecule has 5 nitrogen and oxygen atoms in total. The minimum Gasteiger partial charge on any atom is -0.354 e. The molecule has 1 amide bonds. The molecule has 1 N–H and O–H groups in total. The molecule has 0 aliphatic rings. The Kier molecular flexibility index (Phi) is 5.70. The highest BCUT2D eigenvalue weighted by atomic mass is 16.2. The fourth-order valence-corrected chi connectivity index (χ4v) is 3.40. The van der Waals surface area contributed by atoms with Crippen molar-refractivity contribution in [3.05, 3.63) is 96.4 Å². The number of carbonyl (C=O) groups is 1. The Balaban J connectivity index is 1.59. The molecule has 0 fully saturated rings. The summed E-state index contributed by atoms with van der Waals surface area (Å²) in [7, 11) is 0. The number of pyridine rings is 2. The van der Waals surface area contributed by atoms with E-state index in [1.807, 2.05) is 85.5 Å². The number of nitrogens with one attached hydrogen (secondary N) is 1. The molecular formula is C25H24N4O. The number of hydrogen-bond acceptors (Lipinski definition) is 4. The number of para-hydroxylation sites is 1. The van der Waals surface area contributed by atoms with Crippen LogP contribution in [0.4, 0.5) is 11.4 Å². The molecule has 0 saturated carbocycles. The van der Waals surface area contributed by atoms with Gasteiger partial charge in [0.1, 0.15) is 5.69 Å². The van der Waals surface area contributed by atoms with Gasteiger partial charge in [0.2, 0.25) is 0 Å². The lowest BCUT2D eigenvalue weighted by atomic mass is 10.1. The van der Waals surface area contributed by atoms with E-state index in [0.717, 1.165) is 27.8 Å². The summed E-state index contributed by atoms with van der Waals surface area (Å²) in [6.45, 7) is 4.58. The zero-order valence-electron chi connectivity index (χ0n) is 17.1. The van der Waals surface area contributed by atoms with Crippen molar-refractivity contribution in [3.8, 4) is 0 Å². The number of anilines is 2. The van der Waals surface area contributed by atoms with Crippen molar-refractivity contribution in [2.75, 3.05) is 5.32 Å². The largest absolute Gasteiger partial charge is 0.354 e. The Bertz CT molecular complexity index is 1150. The maximum absolute atomic E-state index is 13.2. The van der Waals surface area contributed by atoms with E-state index >= 15 is 0 Å². The van der Waals surface area contributed by atoms with Crippen molar-refractivity contribution < 1.29 is 4.79 Å². The third kappa shape index (κ3) is 4.30. The highest BCUT2D eigenvalue weighted by molar-refractivity contribution is 5.95. The molecule has 5 heteroatoms. The van der Waals surface area contributed by atoms with Crippen LogP contribution in [0.25, 0.3) is 10.9 Å². The van der Waals surface area contributed by atoms with E-state index in [4.69, 9.17) is 0 Å². The van der Waals surface area contributed by atoms with Crippen LogP contribution in [0.2, 0.25) is 0 Å². The van der Waals surface area contributed by atoms with Crippen molar-refractivity contribution in [2.45, 2.75) is 26.4 Å². The highest BCUT2D eigenvalue weighted by Gasteiger charge is 2.20. The first-order valence-corrected chi connectivity index (χ1v) is 10.0. The third-order valence-corrected chi connectivity index (χ3v) is 4.97. The summed E-state index contributed by atoms with van der Waals surface area (Å²) >= 11 is 0. The van der Waals surface area contributed by atoms with Gasteiger partial charge in [-0.05, 0) is 43.7 Å². The van der Waals surface area contributed by atoms with Gasteiger partial charge < -0.3 is 10.2 Å². The van der Waals surface area contributed by atoms with Gasteiger partial charge in [0.25, 0.3) is 5.91 Å². The van der Waals surface area contributed by atoms with E-state index in [0.29, 0.717) is 12.2 Å². The second kappa shape index (κ2) is 8.74. The molecule has 0 aliphatic carbocycles. The van der Waals surface area contributed by atoms with E-state index in [9.17, 15) is 4.79 Å². The third-order valence-electron chi connectivity index (χ3n) is 4.97. The zero-order chi connectivity index (χ0) is 20.9. The normalized spacial score (nSPS) is 10.9. The molecule has 4 aromatic rings. The Morgan fingerprint density at radius 2 is 1.73 bits per heavy atom. The van der Waals surface area contributed by atoms with Crippen LogP contribution in [0.5, 0.6) is 0 Å². The summed E-state index contributed by atoms with van der Waals surface area (Å²) in [5, 5.41) is 4.44. The molecular weight excluding hydrogens is 372 g/mol. The molecule has 0 radical (unpaired) electrons. The van der Waals surface area contributed by atoms with Gasteiger partial charge in [0.15, 0.2) is 0 Å². The van der Waals surface area contributed by atoms with Gasteiger partial charge in [-0.15, -0.1) is 0 Å². The van der Waals surface area contributed by atoms with E-state index in [-0.39, 0.29) is 11.9 Å². The van der Waals surface area contributed by atoms with Gasteiger partial charge in [0, 0.05) is 36.1 Å². The molecule has 0 saturated heterocycles. The fourth-order valence-electron chi connectivity index (χ4n) is 3.40. The summed E-state index contributed by atoms with van der Waals surface area (Å²) in [6, 6.07) is 23.7. The van der Waals surface area contributed by atoms with Gasteiger partial charge in [-0.3, -0.25) is 14.8 Å². The molecule has 2 heterocycles. The molecule has 2 aromatic carbocycles. The second-order valence-corrected chi connectivity index (χ2v) is 7.45. The van der Waals surface area contributed by atoms with Crippen LogP contribution in [0.3, 0.4) is 0 Å². The zero-order valence-corrected chi connectivity index (χ0v) is 17.1. The Morgan fingerprint density at radius 1 is 0.933 bits per heavy atom. The minimum atomic E-state index is -0.0893. The summed E-state index contributed by atoms with van der Waals surface area (Å²) in [4.78, 5) is 23.9. The molecule has 150 valence electrons. The molecule has 0 unspecified atom stereocenters. The topological polar surface area (TPSA) is 58.1 Å². The molecule has 0 bridgehead atoms. The standard InChI is InChI=1S/C25H24N4O/c1-18(2)29(17-19-8-4-3-5-9-19)25(30)23-16-21(13-15-26-23)28-22-12-6-10-20-11-7-14-27-24(20)22/h3-16,18H,17H2,1-2H3,(H,26,28). The Morgan fingerprint density at radius 3 is 2.53 bits per heavy atom. The van der Waals surface area contributed by atoms with Gasteiger partial charge in [-0.1, -0.05) is 48.5 Å². The van der Waals surface area contributed by atoms with Gasteiger partial charge in [-0.25, -0.2) is 0 Å². The number of carbonyl (C=O) groups excluding carboxylic acids is 1. The van der Waals surface area contributed by atoms with E-state index in [2.05, 4.69) is 15.3 Å². The van der Waals surface area contributed by atoms with Crippen molar-refractivity contribution in [1.29, 1.82) is 0 Å². The average Bonchev–Trinajstić information content (AvgIpc) is 2.78. The van der Waals surface area contributed by atoms with Crippen molar-refractivity contribution in [1.82, 2.24) is 14.9 Å². The Labute approximate surface area is 176 Å². The number of hydrogen-bond donors (Lipinski definition) is 1. The smallest absolute Gasteiger partial charge is 0.273 e. The number of amides is 1. The maximum atomic E-state index is 13.2. The minimum absolute atomic E-state index is 0.0541. The van der Waals surface area contributed by atoms with Gasteiger partial charge in [-0.2, -0.15) is 0 Å². The average molecular weight is 396 g/mol. The van der Waals surface area contributed by atoms with E-state index in [1.165, 1.54) is 0 Å². The van der Waals surface area contributed by atoms with E-state index in [1.54, 1.807) is 18.5 Å². The predicted octanol–water partition coefficient (Wildman–Crippen LogP) is 5.42. The van der Waals surface area contributed by atoms with Crippen molar-refractivity contribution in [2.24, 2.45) is 0 Å². The summed E-state index contributed by atoms with van der Waals surface area (Å²) in [5.41, 5.74) is 4.09. The Hall–Kier alpha value is -3.73. The number of fused-ring (bicyclic) bond motifs is 1. The van der Waals surface area contributed by atoms with Crippen molar-refractivity contribution >= 4 is 28.2 Å². The van der Waals surface area contributed by atoms with Gasteiger partial charge in [0.05, 0.1) is 11.2 Å². The fraction of sp³-hybridized carbons (Fsp3) is 0.160. The maximum Gasteiger partial charge on any atom is 0.273 e. The predicted molar refractivity (Wildman–Crippen MR) is 121 cm³/mol. The lowest BCUT2D eigenvalue weighted by Gasteiger charge is -2.26. The molecule has 0 spiro atoms. The van der Waals surface area contributed by atoms with Crippen LogP contribution < -0.4 is 5.32 Å². The summed E-state index contributed by atoms with van der Waals surface area (Å²) in [6.07, 6.45) is 3.44. The van der Waals surface area contributed by atoms with Crippen molar-refractivity contribution in [3.63, 3.8) is 0 Å². The summed E-state index contributed by atoms with van der Waals surface area (Å²) in [5.74, 6) is -0.0893. The number of benzene rings is 2. The molecule has 2 aromatic heterocycles. The highest BCUT2D eigenvalue weighted by Crippen LogP contribution is 2.25. The molecule has 4 rings (SSSR count). The van der Waals surface area contributed by atoms with Crippen LogP contribution >= 0.6 is 0 Å². The number of rotatable bonds is 6. The van der Waals surface area contributed by atoms with Crippen LogP contribution in [0.1, 0.15) is 29.9 Å². The summed E-state index contributed by atoms with van der Waals surface area (Å²) < 4.78 is 0. The lowest BCUT2D eigenvalue weighted by molar-refractivity contribution is 0.0684. The van der Waals surface area contributed by atoms with Crippen LogP contribution in [0.15, 0.2) is 85.2 Å². The number of aromatic nitrogens is 2. The van der Waals surface area contributed by atoms with Gasteiger partial charge >= 0.3 is 0 Å². The quantitative estimate of drug-likeness (QED) is 0.472. The molecule has 0 atom stereocenters.